The van der Waals surface area contributed by atoms with E-state index >= 15 is 0 Å². The van der Waals surface area contributed by atoms with Gasteiger partial charge in [0, 0.05) is 36.6 Å². The highest BCUT2D eigenvalue weighted by Crippen LogP contribution is 2.25. The van der Waals surface area contributed by atoms with Crippen molar-refractivity contribution in [2.24, 2.45) is 5.92 Å². The van der Waals surface area contributed by atoms with Crippen LogP contribution in [0.1, 0.15) is 43.9 Å². The standard InChI is InChI=1S/C25H35N5O/c1-20(17-21-5-4-11-26-18-21)29-15-9-24(10-16-29)30-13-7-22(8-14-30)25(31)28-19-23-6-2-3-12-27-23/h2-6,11-12,18,20,22,24H,7-10,13-17,19H2,1H3,(H,28,31)/t20-/m0/s1. The fourth-order valence-corrected chi connectivity index (χ4v) is 5.03. The molecule has 6 nitrogen and oxygen atoms in total. The smallest absolute Gasteiger partial charge is 0.223 e. The van der Waals surface area contributed by atoms with Crippen molar-refractivity contribution in [3.05, 3.63) is 60.2 Å². The summed E-state index contributed by atoms with van der Waals surface area (Å²) in [5.41, 5.74) is 2.23. The number of hydrogen-bond donors (Lipinski definition) is 1. The first kappa shape index (κ1) is 21.9. The van der Waals surface area contributed by atoms with Crippen molar-refractivity contribution in [2.75, 3.05) is 26.2 Å². The zero-order chi connectivity index (χ0) is 21.5. The first-order chi connectivity index (χ1) is 15.2. The van der Waals surface area contributed by atoms with Crippen LogP contribution in [0.25, 0.3) is 0 Å². The zero-order valence-electron chi connectivity index (χ0n) is 18.6. The number of carbonyl (C=O) groups is 1. The third-order valence-electron chi connectivity index (χ3n) is 6.96. The van der Waals surface area contributed by atoms with Crippen molar-refractivity contribution < 1.29 is 4.79 Å². The molecule has 4 heterocycles. The predicted octanol–water partition coefficient (Wildman–Crippen LogP) is 2.90. The minimum absolute atomic E-state index is 0.138. The molecule has 6 heteroatoms. The van der Waals surface area contributed by atoms with E-state index in [-0.39, 0.29) is 11.8 Å². The molecule has 0 radical (unpaired) electrons. The van der Waals surface area contributed by atoms with Gasteiger partial charge in [-0.05, 0) is 89.0 Å². The van der Waals surface area contributed by atoms with E-state index in [0.29, 0.717) is 18.6 Å². The van der Waals surface area contributed by atoms with Crippen LogP contribution in [0, 0.1) is 5.92 Å². The molecule has 1 N–H and O–H groups in total. The summed E-state index contributed by atoms with van der Waals surface area (Å²) in [5, 5.41) is 3.07. The summed E-state index contributed by atoms with van der Waals surface area (Å²) in [6.45, 7) is 7.26. The Labute approximate surface area is 186 Å². The van der Waals surface area contributed by atoms with Gasteiger partial charge in [-0.25, -0.2) is 0 Å². The Bertz CT molecular complexity index is 799. The number of amides is 1. The first-order valence-corrected chi connectivity index (χ1v) is 11.7. The second-order valence-electron chi connectivity index (χ2n) is 9.03. The van der Waals surface area contributed by atoms with Crippen LogP contribution in [0.2, 0.25) is 0 Å². The maximum atomic E-state index is 12.6. The second kappa shape index (κ2) is 10.8. The van der Waals surface area contributed by atoms with E-state index in [0.717, 1.165) is 51.1 Å². The summed E-state index contributed by atoms with van der Waals surface area (Å²) in [6.07, 6.45) is 11.1. The second-order valence-corrected chi connectivity index (χ2v) is 9.03. The quantitative estimate of drug-likeness (QED) is 0.745. The van der Waals surface area contributed by atoms with E-state index in [1.165, 1.54) is 18.4 Å². The zero-order valence-corrected chi connectivity index (χ0v) is 18.6. The van der Waals surface area contributed by atoms with Gasteiger partial charge in [0.1, 0.15) is 0 Å². The molecule has 0 saturated carbocycles. The highest BCUT2D eigenvalue weighted by molar-refractivity contribution is 5.78. The molecule has 2 aromatic rings. The number of pyridine rings is 2. The molecule has 2 aromatic heterocycles. The molecule has 0 unspecified atom stereocenters. The summed E-state index contributed by atoms with van der Waals surface area (Å²) in [7, 11) is 0. The monoisotopic (exact) mass is 421 g/mol. The third kappa shape index (κ3) is 6.11. The van der Waals surface area contributed by atoms with Gasteiger partial charge in [-0.2, -0.15) is 0 Å². The molecule has 0 aromatic carbocycles. The van der Waals surface area contributed by atoms with Crippen LogP contribution in [0.3, 0.4) is 0 Å². The number of nitrogens with zero attached hydrogens (tertiary/aromatic N) is 4. The van der Waals surface area contributed by atoms with Crippen molar-refractivity contribution in [1.82, 2.24) is 25.1 Å². The third-order valence-corrected chi connectivity index (χ3v) is 6.96. The number of piperidine rings is 2. The van der Waals surface area contributed by atoms with E-state index in [4.69, 9.17) is 0 Å². The van der Waals surface area contributed by atoms with Gasteiger partial charge in [-0.3, -0.25) is 14.8 Å². The molecule has 166 valence electrons. The molecular formula is C25H35N5O. The summed E-state index contributed by atoms with van der Waals surface area (Å²) in [5.74, 6) is 0.323. The summed E-state index contributed by atoms with van der Waals surface area (Å²) >= 11 is 0. The maximum absolute atomic E-state index is 12.6. The van der Waals surface area contributed by atoms with Gasteiger partial charge < -0.3 is 15.1 Å². The molecule has 2 fully saturated rings. The Morgan fingerprint density at radius 3 is 2.55 bits per heavy atom. The van der Waals surface area contributed by atoms with E-state index in [9.17, 15) is 4.79 Å². The van der Waals surface area contributed by atoms with E-state index in [1.54, 1.807) is 6.20 Å². The van der Waals surface area contributed by atoms with Gasteiger partial charge in [-0.15, -0.1) is 0 Å². The van der Waals surface area contributed by atoms with Crippen molar-refractivity contribution in [1.29, 1.82) is 0 Å². The van der Waals surface area contributed by atoms with Gasteiger partial charge in [0.25, 0.3) is 0 Å². The SMILES string of the molecule is C[C@@H](Cc1cccnc1)N1CCC(N2CCC(C(=O)NCc3ccccn3)CC2)CC1. The molecule has 2 aliphatic rings. The summed E-state index contributed by atoms with van der Waals surface area (Å²) < 4.78 is 0. The maximum Gasteiger partial charge on any atom is 0.223 e. The van der Waals surface area contributed by atoms with E-state index < -0.39 is 0 Å². The average Bonchev–Trinajstić information content (AvgIpc) is 2.84. The predicted molar refractivity (Wildman–Crippen MR) is 122 cm³/mol. The van der Waals surface area contributed by atoms with Crippen LogP contribution in [0.5, 0.6) is 0 Å². The molecule has 31 heavy (non-hydrogen) atoms. The number of hydrogen-bond acceptors (Lipinski definition) is 5. The van der Waals surface area contributed by atoms with Gasteiger partial charge >= 0.3 is 0 Å². The lowest BCUT2D eigenvalue weighted by Gasteiger charge is -2.43. The Morgan fingerprint density at radius 1 is 1.06 bits per heavy atom. The summed E-state index contributed by atoms with van der Waals surface area (Å²) in [6, 6.07) is 11.2. The molecular weight excluding hydrogens is 386 g/mol. The van der Waals surface area contributed by atoms with Gasteiger partial charge in [0.15, 0.2) is 0 Å². The highest BCUT2D eigenvalue weighted by Gasteiger charge is 2.31. The van der Waals surface area contributed by atoms with Crippen LogP contribution < -0.4 is 5.32 Å². The van der Waals surface area contributed by atoms with Crippen molar-refractivity contribution >= 4 is 5.91 Å². The highest BCUT2D eigenvalue weighted by atomic mass is 16.1. The summed E-state index contributed by atoms with van der Waals surface area (Å²) in [4.78, 5) is 26.3. The molecule has 4 rings (SSSR count). The lowest BCUT2D eigenvalue weighted by molar-refractivity contribution is -0.126. The number of nitrogens with one attached hydrogen (secondary N) is 1. The van der Waals surface area contributed by atoms with Crippen LogP contribution in [0.4, 0.5) is 0 Å². The number of likely N-dealkylation sites (tertiary alicyclic amines) is 2. The topological polar surface area (TPSA) is 61.4 Å². The van der Waals surface area contributed by atoms with Crippen LogP contribution in [-0.2, 0) is 17.8 Å². The van der Waals surface area contributed by atoms with E-state index in [2.05, 4.69) is 38.1 Å². The molecule has 0 bridgehead atoms. The van der Waals surface area contributed by atoms with Gasteiger partial charge in [0.05, 0.1) is 12.2 Å². The fraction of sp³-hybridized carbons (Fsp3) is 0.560. The van der Waals surface area contributed by atoms with Crippen molar-refractivity contribution in [3.63, 3.8) is 0 Å². The number of aromatic nitrogens is 2. The molecule has 2 aliphatic heterocycles. The van der Waals surface area contributed by atoms with Crippen LogP contribution in [0.15, 0.2) is 48.9 Å². The Balaban J connectivity index is 1.16. The fourth-order valence-electron chi connectivity index (χ4n) is 5.03. The largest absolute Gasteiger partial charge is 0.350 e. The molecule has 1 amide bonds. The lowest BCUT2D eigenvalue weighted by atomic mass is 9.92. The van der Waals surface area contributed by atoms with Gasteiger partial charge in [-0.1, -0.05) is 12.1 Å². The Morgan fingerprint density at radius 2 is 1.87 bits per heavy atom. The normalized spacial score (nSPS) is 20.4. The molecule has 1 atom stereocenters. The molecule has 2 saturated heterocycles. The average molecular weight is 422 g/mol. The number of rotatable bonds is 7. The van der Waals surface area contributed by atoms with Gasteiger partial charge in [0.2, 0.25) is 5.91 Å². The van der Waals surface area contributed by atoms with Crippen molar-refractivity contribution in [2.45, 2.75) is 57.7 Å². The molecule has 0 aliphatic carbocycles. The van der Waals surface area contributed by atoms with Crippen LogP contribution >= 0.6 is 0 Å². The first-order valence-electron chi connectivity index (χ1n) is 11.7. The Hall–Kier alpha value is -2.31. The minimum Gasteiger partial charge on any atom is -0.350 e. The van der Waals surface area contributed by atoms with Crippen molar-refractivity contribution in [3.8, 4) is 0 Å². The minimum atomic E-state index is 0.138. The van der Waals surface area contributed by atoms with Crippen LogP contribution in [-0.4, -0.2) is 63.9 Å². The molecule has 0 spiro atoms. The number of carbonyl (C=O) groups excluding carboxylic acids is 1. The lowest BCUT2D eigenvalue weighted by Crippen LogP contribution is -2.50. The van der Waals surface area contributed by atoms with E-state index in [1.807, 2.05) is 36.7 Å². The Kier molecular flexibility index (Phi) is 7.65.